The number of carbonyl (C=O) groups is 1. The topological polar surface area (TPSA) is 20.3 Å². The third-order valence-corrected chi connectivity index (χ3v) is 3.19. The summed E-state index contributed by atoms with van der Waals surface area (Å²) < 4.78 is 12.9. The molecule has 2 nitrogen and oxygen atoms in total. The molecule has 1 amide bonds. The maximum atomic E-state index is 12.9. The normalized spacial score (nSPS) is 20.2. The van der Waals surface area contributed by atoms with Crippen LogP contribution >= 0.6 is 11.6 Å². The Morgan fingerprint density at radius 1 is 1.56 bits per heavy atom. The highest BCUT2D eigenvalue weighted by molar-refractivity contribution is 6.21. The van der Waals surface area contributed by atoms with Crippen molar-refractivity contribution < 1.29 is 9.18 Å². The van der Waals surface area contributed by atoms with Crippen LogP contribution in [0.5, 0.6) is 0 Å². The largest absolute Gasteiger partial charge is 0.337 e. The van der Waals surface area contributed by atoms with Gasteiger partial charge in [-0.2, -0.15) is 0 Å². The maximum Gasteiger partial charge on any atom is 0.254 e. The van der Waals surface area contributed by atoms with Crippen LogP contribution in [0, 0.1) is 12.7 Å². The summed E-state index contributed by atoms with van der Waals surface area (Å²) >= 11 is 5.95. The van der Waals surface area contributed by atoms with Crippen LogP contribution in [-0.2, 0) is 0 Å². The van der Waals surface area contributed by atoms with Gasteiger partial charge in [-0.15, -0.1) is 11.6 Å². The van der Waals surface area contributed by atoms with E-state index in [1.54, 1.807) is 11.8 Å². The monoisotopic (exact) mass is 241 g/mol. The fourth-order valence-corrected chi connectivity index (χ4v) is 2.20. The second-order valence-electron chi connectivity index (χ2n) is 4.10. The predicted octanol–water partition coefficient (Wildman–Crippen LogP) is 2.59. The zero-order valence-corrected chi connectivity index (χ0v) is 9.80. The summed E-state index contributed by atoms with van der Waals surface area (Å²) in [5, 5.41) is 0.0460. The van der Waals surface area contributed by atoms with Gasteiger partial charge in [0.2, 0.25) is 0 Å². The molecule has 1 atom stereocenters. The minimum Gasteiger partial charge on any atom is -0.337 e. The Bertz CT molecular complexity index is 421. The molecule has 16 heavy (non-hydrogen) atoms. The van der Waals surface area contributed by atoms with E-state index in [4.69, 9.17) is 11.6 Å². The Hall–Kier alpha value is -1.09. The molecule has 1 saturated heterocycles. The molecule has 0 N–H and O–H groups in total. The van der Waals surface area contributed by atoms with Crippen molar-refractivity contribution in [1.29, 1.82) is 0 Å². The van der Waals surface area contributed by atoms with Gasteiger partial charge in [0.1, 0.15) is 5.82 Å². The first kappa shape index (κ1) is 11.4. The molecule has 1 fully saturated rings. The molecule has 0 bridgehead atoms. The molecule has 1 unspecified atom stereocenters. The van der Waals surface area contributed by atoms with E-state index in [0.717, 1.165) is 6.42 Å². The van der Waals surface area contributed by atoms with E-state index >= 15 is 0 Å². The van der Waals surface area contributed by atoms with Gasteiger partial charge in [0.15, 0.2) is 0 Å². The van der Waals surface area contributed by atoms with Gasteiger partial charge in [-0.1, -0.05) is 0 Å². The summed E-state index contributed by atoms with van der Waals surface area (Å²) in [5.41, 5.74) is 1.23. The number of likely N-dealkylation sites (tertiary alicyclic amines) is 1. The number of hydrogen-bond donors (Lipinski definition) is 0. The highest BCUT2D eigenvalue weighted by atomic mass is 35.5. The highest BCUT2D eigenvalue weighted by Crippen LogP contribution is 2.19. The van der Waals surface area contributed by atoms with Crippen LogP contribution < -0.4 is 0 Å². The summed E-state index contributed by atoms with van der Waals surface area (Å²) in [6.45, 7) is 3.01. The smallest absolute Gasteiger partial charge is 0.254 e. The molecule has 1 heterocycles. The average molecular weight is 242 g/mol. The van der Waals surface area contributed by atoms with E-state index in [2.05, 4.69) is 0 Å². The molecule has 0 aromatic heterocycles. The highest BCUT2D eigenvalue weighted by Gasteiger charge is 2.26. The van der Waals surface area contributed by atoms with Gasteiger partial charge in [-0.3, -0.25) is 4.79 Å². The van der Waals surface area contributed by atoms with Crippen LogP contribution in [0.25, 0.3) is 0 Å². The third-order valence-electron chi connectivity index (χ3n) is 2.84. The van der Waals surface area contributed by atoms with Gasteiger partial charge < -0.3 is 4.90 Å². The molecular formula is C12H13ClFNO. The van der Waals surface area contributed by atoms with E-state index < -0.39 is 0 Å². The molecule has 2 rings (SSSR count). The van der Waals surface area contributed by atoms with Gasteiger partial charge in [0, 0.05) is 18.7 Å². The Labute approximate surface area is 99.0 Å². The average Bonchev–Trinajstić information content (AvgIpc) is 2.64. The van der Waals surface area contributed by atoms with Gasteiger partial charge in [-0.05, 0) is 37.1 Å². The van der Waals surface area contributed by atoms with Crippen molar-refractivity contribution in [3.8, 4) is 0 Å². The molecule has 1 aliphatic heterocycles. The summed E-state index contributed by atoms with van der Waals surface area (Å²) in [6.07, 6.45) is 0.827. The first-order valence-corrected chi connectivity index (χ1v) is 5.71. The quantitative estimate of drug-likeness (QED) is 0.692. The Kier molecular flexibility index (Phi) is 3.15. The van der Waals surface area contributed by atoms with Crippen molar-refractivity contribution in [2.45, 2.75) is 18.7 Å². The molecular weight excluding hydrogens is 229 g/mol. The van der Waals surface area contributed by atoms with Crippen LogP contribution in [0.3, 0.4) is 0 Å². The zero-order valence-electron chi connectivity index (χ0n) is 9.04. The predicted molar refractivity (Wildman–Crippen MR) is 61.3 cm³/mol. The lowest BCUT2D eigenvalue weighted by atomic mass is 10.1. The number of alkyl halides is 1. The van der Waals surface area contributed by atoms with Crippen molar-refractivity contribution >= 4 is 17.5 Å². The summed E-state index contributed by atoms with van der Waals surface area (Å²) in [5.74, 6) is -0.369. The van der Waals surface area contributed by atoms with Crippen LogP contribution in [0.15, 0.2) is 18.2 Å². The lowest BCUT2D eigenvalue weighted by molar-refractivity contribution is 0.0792. The molecule has 0 saturated carbocycles. The second-order valence-corrected chi connectivity index (χ2v) is 4.71. The van der Waals surface area contributed by atoms with Gasteiger partial charge in [0.25, 0.3) is 5.91 Å². The van der Waals surface area contributed by atoms with Crippen molar-refractivity contribution in [2.75, 3.05) is 13.1 Å². The Morgan fingerprint density at radius 2 is 2.31 bits per heavy atom. The third kappa shape index (κ3) is 2.19. The van der Waals surface area contributed by atoms with Crippen molar-refractivity contribution in [2.24, 2.45) is 0 Å². The van der Waals surface area contributed by atoms with Crippen molar-refractivity contribution in [1.82, 2.24) is 4.90 Å². The minimum atomic E-state index is -0.314. The number of halogens is 2. The Balaban J connectivity index is 2.21. The summed E-state index contributed by atoms with van der Waals surface area (Å²) in [7, 11) is 0. The number of rotatable bonds is 1. The molecule has 4 heteroatoms. The van der Waals surface area contributed by atoms with E-state index in [9.17, 15) is 9.18 Å². The van der Waals surface area contributed by atoms with E-state index in [0.29, 0.717) is 24.2 Å². The first-order valence-electron chi connectivity index (χ1n) is 5.27. The van der Waals surface area contributed by atoms with Crippen LogP contribution in [0.2, 0.25) is 0 Å². The van der Waals surface area contributed by atoms with E-state index in [1.807, 2.05) is 0 Å². The molecule has 0 aliphatic carbocycles. The molecule has 1 aliphatic rings. The summed E-state index contributed by atoms with van der Waals surface area (Å²) in [6, 6.07) is 4.23. The van der Waals surface area contributed by atoms with Gasteiger partial charge >= 0.3 is 0 Å². The number of hydrogen-bond acceptors (Lipinski definition) is 1. The minimum absolute atomic E-state index is 0.0460. The van der Waals surface area contributed by atoms with Crippen LogP contribution in [-0.4, -0.2) is 29.3 Å². The van der Waals surface area contributed by atoms with E-state index in [1.165, 1.54) is 18.2 Å². The summed E-state index contributed by atoms with van der Waals surface area (Å²) in [4.78, 5) is 13.8. The van der Waals surface area contributed by atoms with E-state index in [-0.39, 0.29) is 17.1 Å². The lowest BCUT2D eigenvalue weighted by Crippen LogP contribution is -2.29. The molecule has 0 spiro atoms. The maximum absolute atomic E-state index is 12.9. The van der Waals surface area contributed by atoms with Crippen LogP contribution in [0.1, 0.15) is 22.3 Å². The fourth-order valence-electron chi connectivity index (χ4n) is 1.94. The fraction of sp³-hybridized carbons (Fsp3) is 0.417. The van der Waals surface area contributed by atoms with Gasteiger partial charge in [0.05, 0.1) is 5.38 Å². The van der Waals surface area contributed by atoms with Crippen LogP contribution in [0.4, 0.5) is 4.39 Å². The number of amides is 1. The lowest BCUT2D eigenvalue weighted by Gasteiger charge is -2.16. The molecule has 1 aromatic carbocycles. The Morgan fingerprint density at radius 3 is 2.88 bits per heavy atom. The number of aryl methyl sites for hydroxylation is 1. The number of benzene rings is 1. The van der Waals surface area contributed by atoms with Crippen molar-refractivity contribution in [3.63, 3.8) is 0 Å². The molecule has 86 valence electrons. The first-order chi connectivity index (χ1) is 7.58. The molecule has 1 aromatic rings. The van der Waals surface area contributed by atoms with Gasteiger partial charge in [-0.25, -0.2) is 4.39 Å². The zero-order chi connectivity index (χ0) is 11.7. The second kappa shape index (κ2) is 4.42. The number of nitrogens with zero attached hydrogens (tertiary/aromatic N) is 1. The number of carbonyl (C=O) groups excluding carboxylic acids is 1. The van der Waals surface area contributed by atoms with Crippen molar-refractivity contribution in [3.05, 3.63) is 35.1 Å². The standard InChI is InChI=1S/C12H13ClFNO/c1-8-6-10(14)2-3-11(8)12(16)15-5-4-9(13)7-15/h2-3,6,9H,4-5,7H2,1H3. The SMILES string of the molecule is Cc1cc(F)ccc1C(=O)N1CCC(Cl)C1. The molecule has 0 radical (unpaired) electrons.